The Kier molecular flexibility index (Phi) is 3.55. The Morgan fingerprint density at radius 2 is 2.29 bits per heavy atom. The van der Waals surface area contributed by atoms with Crippen molar-refractivity contribution in [1.82, 2.24) is 24.9 Å². The number of hydrogen-bond donors (Lipinski definition) is 3. The summed E-state index contributed by atoms with van der Waals surface area (Å²) in [5.74, 6) is 0.854. The highest BCUT2D eigenvalue weighted by Gasteiger charge is 2.13. The summed E-state index contributed by atoms with van der Waals surface area (Å²) in [4.78, 5) is 7.16. The first-order chi connectivity index (χ1) is 8.18. The van der Waals surface area contributed by atoms with Crippen molar-refractivity contribution in [3.8, 4) is 0 Å². The van der Waals surface area contributed by atoms with Crippen molar-refractivity contribution in [2.75, 3.05) is 6.54 Å². The van der Waals surface area contributed by atoms with Gasteiger partial charge in [0.15, 0.2) is 0 Å². The number of aromatic amines is 2. The SMILES string of the molecule is O=S(=O)(NCCCc1ncc[nH]1)c1cn[nH]c1. The van der Waals surface area contributed by atoms with Crippen LogP contribution < -0.4 is 4.72 Å². The van der Waals surface area contributed by atoms with Crippen molar-refractivity contribution in [3.63, 3.8) is 0 Å². The smallest absolute Gasteiger partial charge is 0.243 e. The van der Waals surface area contributed by atoms with Crippen LogP contribution in [-0.4, -0.2) is 35.1 Å². The second-order valence-corrected chi connectivity index (χ2v) is 5.24. The molecule has 2 aromatic rings. The fourth-order valence-corrected chi connectivity index (χ4v) is 2.35. The van der Waals surface area contributed by atoms with Gasteiger partial charge in [-0.3, -0.25) is 5.10 Å². The van der Waals surface area contributed by atoms with Gasteiger partial charge in [0.25, 0.3) is 0 Å². The molecule has 2 rings (SSSR count). The molecule has 92 valence electrons. The number of nitrogens with one attached hydrogen (secondary N) is 3. The maximum absolute atomic E-state index is 11.7. The van der Waals surface area contributed by atoms with Crippen LogP contribution >= 0.6 is 0 Å². The summed E-state index contributed by atoms with van der Waals surface area (Å²) < 4.78 is 25.8. The van der Waals surface area contributed by atoms with Gasteiger partial charge in [0, 0.05) is 31.6 Å². The van der Waals surface area contributed by atoms with Crippen molar-refractivity contribution >= 4 is 10.0 Å². The van der Waals surface area contributed by atoms with Crippen LogP contribution in [0.15, 0.2) is 29.7 Å². The first-order valence-corrected chi connectivity index (χ1v) is 6.63. The van der Waals surface area contributed by atoms with Gasteiger partial charge in [0.2, 0.25) is 10.0 Å². The Hall–Kier alpha value is -1.67. The Morgan fingerprint density at radius 3 is 2.94 bits per heavy atom. The zero-order valence-electron chi connectivity index (χ0n) is 9.05. The summed E-state index contributed by atoms with van der Waals surface area (Å²) in [7, 11) is -3.43. The third kappa shape index (κ3) is 3.14. The van der Waals surface area contributed by atoms with E-state index in [1.165, 1.54) is 12.4 Å². The predicted octanol–water partition coefficient (Wildman–Crippen LogP) is 0.0439. The van der Waals surface area contributed by atoms with Crippen molar-refractivity contribution in [2.45, 2.75) is 17.7 Å². The van der Waals surface area contributed by atoms with E-state index in [-0.39, 0.29) is 4.90 Å². The van der Waals surface area contributed by atoms with E-state index in [0.29, 0.717) is 19.4 Å². The van der Waals surface area contributed by atoms with E-state index in [1.807, 2.05) is 0 Å². The summed E-state index contributed by atoms with van der Waals surface area (Å²) in [6.45, 7) is 0.369. The molecule has 0 aliphatic heterocycles. The number of nitrogens with zero attached hydrogens (tertiary/aromatic N) is 2. The highest BCUT2D eigenvalue weighted by atomic mass is 32.2. The quantitative estimate of drug-likeness (QED) is 0.634. The average Bonchev–Trinajstić information content (AvgIpc) is 2.97. The van der Waals surface area contributed by atoms with Crippen LogP contribution in [0, 0.1) is 0 Å². The third-order valence-electron chi connectivity index (χ3n) is 2.22. The van der Waals surface area contributed by atoms with Gasteiger partial charge in [-0.25, -0.2) is 18.1 Å². The standard InChI is InChI=1S/C9H13N5O2S/c15-17(16,8-6-12-13-7-8)14-3-1-2-9-10-4-5-11-9/h4-7,14H,1-3H2,(H,10,11)(H,12,13). The number of aromatic nitrogens is 4. The van der Waals surface area contributed by atoms with Crippen molar-refractivity contribution in [1.29, 1.82) is 0 Å². The molecule has 0 aliphatic rings. The number of imidazole rings is 1. The number of hydrogen-bond acceptors (Lipinski definition) is 4. The molecule has 0 amide bonds. The average molecular weight is 255 g/mol. The number of rotatable bonds is 6. The summed E-state index contributed by atoms with van der Waals surface area (Å²) in [5.41, 5.74) is 0. The highest BCUT2D eigenvalue weighted by Crippen LogP contribution is 2.04. The zero-order chi connectivity index (χ0) is 12.1. The molecule has 0 aliphatic carbocycles. The number of aryl methyl sites for hydroxylation is 1. The molecule has 0 aromatic carbocycles. The van der Waals surface area contributed by atoms with Crippen LogP contribution in [0.5, 0.6) is 0 Å². The number of H-pyrrole nitrogens is 2. The van der Waals surface area contributed by atoms with E-state index >= 15 is 0 Å². The molecular formula is C9H13N5O2S. The monoisotopic (exact) mass is 255 g/mol. The van der Waals surface area contributed by atoms with Gasteiger partial charge in [-0.05, 0) is 6.42 Å². The van der Waals surface area contributed by atoms with Gasteiger partial charge in [0.05, 0.1) is 6.20 Å². The normalized spacial score (nSPS) is 11.8. The lowest BCUT2D eigenvalue weighted by atomic mass is 10.3. The van der Waals surface area contributed by atoms with Gasteiger partial charge in [-0.1, -0.05) is 0 Å². The molecule has 0 saturated heterocycles. The zero-order valence-corrected chi connectivity index (χ0v) is 9.87. The van der Waals surface area contributed by atoms with Crippen molar-refractivity contribution < 1.29 is 8.42 Å². The Bertz CT molecular complexity index is 532. The largest absolute Gasteiger partial charge is 0.349 e. The molecule has 0 saturated carbocycles. The molecular weight excluding hydrogens is 242 g/mol. The lowest BCUT2D eigenvalue weighted by molar-refractivity contribution is 0.578. The molecule has 0 atom stereocenters. The first-order valence-electron chi connectivity index (χ1n) is 5.15. The van der Waals surface area contributed by atoms with Crippen molar-refractivity contribution in [2.24, 2.45) is 0 Å². The fraction of sp³-hybridized carbons (Fsp3) is 0.333. The minimum atomic E-state index is -3.43. The lowest BCUT2D eigenvalue weighted by Gasteiger charge is -2.03. The minimum Gasteiger partial charge on any atom is -0.349 e. The molecule has 3 N–H and O–H groups in total. The Morgan fingerprint density at radius 1 is 1.41 bits per heavy atom. The molecule has 17 heavy (non-hydrogen) atoms. The maximum Gasteiger partial charge on any atom is 0.243 e. The lowest BCUT2D eigenvalue weighted by Crippen LogP contribution is -2.24. The van der Waals surface area contributed by atoms with Gasteiger partial charge < -0.3 is 4.98 Å². The van der Waals surface area contributed by atoms with Crippen LogP contribution in [0.25, 0.3) is 0 Å². The van der Waals surface area contributed by atoms with Crippen LogP contribution in [0.4, 0.5) is 0 Å². The van der Waals surface area contributed by atoms with Crippen LogP contribution in [0.2, 0.25) is 0 Å². The van der Waals surface area contributed by atoms with Gasteiger partial charge in [0.1, 0.15) is 10.7 Å². The predicted molar refractivity (Wildman–Crippen MR) is 60.7 cm³/mol. The van der Waals surface area contributed by atoms with E-state index in [9.17, 15) is 8.42 Å². The van der Waals surface area contributed by atoms with E-state index in [2.05, 4.69) is 24.9 Å². The second-order valence-electron chi connectivity index (χ2n) is 3.47. The topological polar surface area (TPSA) is 104 Å². The molecule has 2 heterocycles. The second kappa shape index (κ2) is 5.11. The molecule has 0 fully saturated rings. The van der Waals surface area contributed by atoms with E-state index in [0.717, 1.165) is 5.82 Å². The molecule has 0 radical (unpaired) electrons. The Balaban J connectivity index is 1.79. The first kappa shape index (κ1) is 11.8. The highest BCUT2D eigenvalue weighted by molar-refractivity contribution is 7.89. The van der Waals surface area contributed by atoms with E-state index in [1.54, 1.807) is 12.4 Å². The van der Waals surface area contributed by atoms with E-state index < -0.39 is 10.0 Å². The summed E-state index contributed by atoms with van der Waals surface area (Å²) in [6.07, 6.45) is 7.42. The minimum absolute atomic E-state index is 0.149. The van der Waals surface area contributed by atoms with Crippen LogP contribution in [0.1, 0.15) is 12.2 Å². The summed E-state index contributed by atoms with van der Waals surface area (Å²) >= 11 is 0. The fourth-order valence-electron chi connectivity index (χ4n) is 1.37. The number of sulfonamides is 1. The van der Waals surface area contributed by atoms with Gasteiger partial charge in [-0.2, -0.15) is 5.10 Å². The third-order valence-corrected chi connectivity index (χ3v) is 3.65. The molecule has 0 unspecified atom stereocenters. The van der Waals surface area contributed by atoms with Gasteiger partial charge in [-0.15, -0.1) is 0 Å². The molecule has 2 aromatic heterocycles. The summed E-state index contributed by atoms with van der Waals surface area (Å²) in [5, 5.41) is 6.06. The molecule has 0 spiro atoms. The maximum atomic E-state index is 11.7. The molecule has 8 heteroatoms. The van der Waals surface area contributed by atoms with Crippen molar-refractivity contribution in [3.05, 3.63) is 30.6 Å². The van der Waals surface area contributed by atoms with Gasteiger partial charge >= 0.3 is 0 Å². The molecule has 7 nitrogen and oxygen atoms in total. The molecule has 0 bridgehead atoms. The van der Waals surface area contributed by atoms with Crippen LogP contribution in [-0.2, 0) is 16.4 Å². The summed E-state index contributed by atoms with van der Waals surface area (Å²) in [6, 6.07) is 0. The van der Waals surface area contributed by atoms with Crippen LogP contribution in [0.3, 0.4) is 0 Å². The van der Waals surface area contributed by atoms with E-state index in [4.69, 9.17) is 0 Å². The Labute approximate surface area is 98.7 Å².